The maximum atomic E-state index is 14.1. The number of nitrogens with one attached hydrogen (secondary N) is 1. The number of hydrogen-bond acceptors (Lipinski definition) is 6. The number of para-hydroxylation sites is 1. The van der Waals surface area contributed by atoms with Gasteiger partial charge in [-0.05, 0) is 54.3 Å². The Labute approximate surface area is 260 Å². The molecule has 6 rings (SSSR count). The Bertz CT molecular complexity index is 1980. The van der Waals surface area contributed by atoms with Gasteiger partial charge in [-0.3, -0.25) is 9.55 Å². The van der Waals surface area contributed by atoms with Crippen molar-refractivity contribution < 1.29 is 8.42 Å². The van der Waals surface area contributed by atoms with Crippen LogP contribution in [0.15, 0.2) is 125 Å². The van der Waals surface area contributed by atoms with Crippen molar-refractivity contribution in [1.82, 2.24) is 24.5 Å². The van der Waals surface area contributed by atoms with Crippen LogP contribution in [0.2, 0.25) is 5.02 Å². The van der Waals surface area contributed by atoms with E-state index in [1.165, 1.54) is 11.8 Å². The van der Waals surface area contributed by atoms with E-state index in [9.17, 15) is 8.42 Å². The third-order valence-electron chi connectivity index (χ3n) is 7.06. The highest BCUT2D eigenvalue weighted by Gasteiger charge is 2.30. The van der Waals surface area contributed by atoms with E-state index in [4.69, 9.17) is 11.6 Å². The van der Waals surface area contributed by atoms with E-state index in [0.29, 0.717) is 33.7 Å². The molecule has 1 atom stereocenters. The number of thioether (sulfide) groups is 1. The molecular weight excluding hydrogens is 598 g/mol. The average Bonchev–Trinajstić information content (AvgIpc) is 3.45. The first-order valence-electron chi connectivity index (χ1n) is 13.7. The maximum absolute atomic E-state index is 14.1. The van der Waals surface area contributed by atoms with E-state index in [1.807, 2.05) is 90.4 Å². The maximum Gasteiger partial charge on any atom is 0.243 e. The van der Waals surface area contributed by atoms with Gasteiger partial charge >= 0.3 is 0 Å². The molecule has 0 saturated heterocycles. The molecule has 0 spiro atoms. The summed E-state index contributed by atoms with van der Waals surface area (Å²) in [5.74, 6) is 1.12. The van der Waals surface area contributed by atoms with E-state index in [2.05, 4.69) is 32.0 Å². The fourth-order valence-corrected chi connectivity index (χ4v) is 7.40. The minimum absolute atomic E-state index is 0.104. The van der Waals surface area contributed by atoms with E-state index < -0.39 is 16.1 Å². The molecule has 0 aliphatic rings. The lowest BCUT2D eigenvalue weighted by atomic mass is 10.1. The van der Waals surface area contributed by atoms with Crippen LogP contribution in [0.3, 0.4) is 0 Å². The van der Waals surface area contributed by atoms with Crippen molar-refractivity contribution in [3.63, 3.8) is 0 Å². The van der Waals surface area contributed by atoms with Crippen molar-refractivity contribution in [2.75, 3.05) is 0 Å². The molecule has 0 bridgehead atoms. The number of aryl methyl sites for hydroxylation is 1. The first kappa shape index (κ1) is 29.1. The largest absolute Gasteiger partial charge is 0.272 e. The highest BCUT2D eigenvalue weighted by atomic mass is 35.5. The summed E-state index contributed by atoms with van der Waals surface area (Å²) < 4.78 is 33.0. The summed E-state index contributed by atoms with van der Waals surface area (Å²) in [5.41, 5.74) is 4.22. The van der Waals surface area contributed by atoms with Gasteiger partial charge in [0.2, 0.25) is 10.0 Å². The Morgan fingerprint density at radius 1 is 0.860 bits per heavy atom. The molecule has 43 heavy (non-hydrogen) atoms. The van der Waals surface area contributed by atoms with E-state index >= 15 is 0 Å². The molecular formula is C33H28ClN5O2S2. The molecule has 0 saturated carbocycles. The molecule has 0 amide bonds. The van der Waals surface area contributed by atoms with Gasteiger partial charge in [-0.25, -0.2) is 8.42 Å². The lowest BCUT2D eigenvalue weighted by molar-refractivity contribution is 0.537. The van der Waals surface area contributed by atoms with Crippen molar-refractivity contribution in [2.24, 2.45) is 0 Å². The summed E-state index contributed by atoms with van der Waals surface area (Å²) in [5, 5.41) is 11.1. The van der Waals surface area contributed by atoms with Gasteiger partial charge in [0.1, 0.15) is 4.90 Å². The zero-order valence-corrected chi connectivity index (χ0v) is 25.6. The lowest BCUT2D eigenvalue weighted by Crippen LogP contribution is -2.32. The number of hydrogen-bond donors (Lipinski definition) is 1. The first-order valence-corrected chi connectivity index (χ1v) is 16.5. The SMILES string of the molecule is Cc1ccc(Cl)cc1-n1c(SCc2ccccc2)nnc1C(Cc1ccccc1)NS(=O)(=O)c1cccc2cccnc12. The van der Waals surface area contributed by atoms with E-state index in [-0.39, 0.29) is 4.90 Å². The van der Waals surface area contributed by atoms with Gasteiger partial charge in [-0.1, -0.05) is 108 Å². The molecule has 10 heteroatoms. The molecule has 7 nitrogen and oxygen atoms in total. The second-order valence-corrected chi connectivity index (χ2v) is 13.1. The van der Waals surface area contributed by atoms with Crippen LogP contribution in [-0.2, 0) is 22.2 Å². The Balaban J connectivity index is 1.47. The summed E-state index contributed by atoms with van der Waals surface area (Å²) in [6, 6.07) is 33.5. The van der Waals surface area contributed by atoms with Crippen LogP contribution < -0.4 is 4.72 Å². The average molecular weight is 626 g/mol. The van der Waals surface area contributed by atoms with E-state index in [1.54, 1.807) is 24.4 Å². The third-order valence-corrected chi connectivity index (χ3v) is 9.80. The topological polar surface area (TPSA) is 89.8 Å². The Morgan fingerprint density at radius 2 is 1.58 bits per heavy atom. The van der Waals surface area contributed by atoms with Gasteiger partial charge in [0.15, 0.2) is 11.0 Å². The lowest BCUT2D eigenvalue weighted by Gasteiger charge is -2.21. The molecule has 1 unspecified atom stereocenters. The number of pyridine rings is 1. The molecule has 0 fully saturated rings. The standard InChI is InChI=1S/C33H28ClN5O2S2/c1-23-17-18-27(34)21-29(23)39-32(36-37-33(39)42-22-25-12-6-3-7-13-25)28(20-24-10-4-2-5-11-24)38-43(40,41)30-16-8-14-26-15-9-19-35-31(26)30/h2-19,21,28,38H,20,22H2,1H3. The van der Waals surface area contributed by atoms with Gasteiger partial charge in [-0.2, -0.15) is 4.72 Å². The second kappa shape index (κ2) is 12.7. The smallest absolute Gasteiger partial charge is 0.243 e. The third kappa shape index (κ3) is 6.50. The van der Waals surface area contributed by atoms with Crippen LogP contribution >= 0.6 is 23.4 Å². The number of aromatic nitrogens is 4. The van der Waals surface area contributed by atoms with Crippen molar-refractivity contribution in [1.29, 1.82) is 0 Å². The zero-order valence-electron chi connectivity index (χ0n) is 23.3. The normalized spacial score (nSPS) is 12.4. The minimum Gasteiger partial charge on any atom is -0.272 e. The number of halogens is 1. The summed E-state index contributed by atoms with van der Waals surface area (Å²) in [7, 11) is -4.04. The van der Waals surface area contributed by atoms with Crippen LogP contribution in [-0.4, -0.2) is 28.2 Å². The first-order chi connectivity index (χ1) is 20.9. The highest BCUT2D eigenvalue weighted by molar-refractivity contribution is 7.98. The van der Waals surface area contributed by atoms with Crippen LogP contribution in [0, 0.1) is 6.92 Å². The molecule has 2 aromatic heterocycles. The number of fused-ring (bicyclic) bond motifs is 1. The minimum atomic E-state index is -4.04. The number of sulfonamides is 1. The Hall–Kier alpha value is -4.02. The molecule has 0 aliphatic carbocycles. The molecule has 0 aliphatic heterocycles. The van der Waals surface area contributed by atoms with Crippen LogP contribution in [0.4, 0.5) is 0 Å². The zero-order chi connectivity index (χ0) is 29.8. The molecule has 2 heterocycles. The van der Waals surface area contributed by atoms with Gasteiger partial charge in [0, 0.05) is 22.4 Å². The molecule has 1 N–H and O–H groups in total. The monoisotopic (exact) mass is 625 g/mol. The fraction of sp³-hybridized carbons (Fsp3) is 0.121. The predicted octanol–water partition coefficient (Wildman–Crippen LogP) is 7.33. The van der Waals surface area contributed by atoms with Gasteiger partial charge < -0.3 is 0 Å². The summed E-state index contributed by atoms with van der Waals surface area (Å²) >= 11 is 8.01. The van der Waals surface area contributed by atoms with Crippen molar-refractivity contribution in [2.45, 2.75) is 35.2 Å². The Kier molecular flexibility index (Phi) is 8.58. The molecule has 216 valence electrons. The summed E-state index contributed by atoms with van der Waals surface area (Å²) in [6.45, 7) is 1.99. The van der Waals surface area contributed by atoms with Crippen LogP contribution in [0.1, 0.15) is 28.6 Å². The molecule has 0 radical (unpaired) electrons. The van der Waals surface area contributed by atoms with Crippen molar-refractivity contribution in [3.8, 4) is 5.69 Å². The van der Waals surface area contributed by atoms with Crippen molar-refractivity contribution >= 4 is 44.3 Å². The predicted molar refractivity (Wildman–Crippen MR) is 172 cm³/mol. The fourth-order valence-electron chi connectivity index (χ4n) is 4.95. The van der Waals surface area contributed by atoms with Crippen LogP contribution in [0.25, 0.3) is 16.6 Å². The molecule has 6 aromatic rings. The van der Waals surface area contributed by atoms with E-state index in [0.717, 1.165) is 27.8 Å². The number of rotatable bonds is 10. The summed E-state index contributed by atoms with van der Waals surface area (Å²) in [4.78, 5) is 4.49. The molecule has 4 aromatic carbocycles. The van der Waals surface area contributed by atoms with Gasteiger partial charge in [0.25, 0.3) is 0 Å². The Morgan fingerprint density at radius 3 is 2.35 bits per heavy atom. The van der Waals surface area contributed by atoms with Crippen LogP contribution in [0.5, 0.6) is 0 Å². The highest BCUT2D eigenvalue weighted by Crippen LogP contribution is 2.32. The van der Waals surface area contributed by atoms with Gasteiger partial charge in [-0.15, -0.1) is 10.2 Å². The number of benzene rings is 4. The summed E-state index contributed by atoms with van der Waals surface area (Å²) in [6.07, 6.45) is 1.94. The van der Waals surface area contributed by atoms with Gasteiger partial charge in [0.05, 0.1) is 17.2 Å². The second-order valence-electron chi connectivity index (χ2n) is 10.1. The number of nitrogens with zero attached hydrogens (tertiary/aromatic N) is 4. The van der Waals surface area contributed by atoms with Crippen molar-refractivity contribution in [3.05, 3.63) is 143 Å². The quantitative estimate of drug-likeness (QED) is 0.160.